The van der Waals surface area contributed by atoms with Gasteiger partial charge in [-0.3, -0.25) is 9.69 Å². The minimum Gasteiger partial charge on any atom is -0.460 e. The van der Waals surface area contributed by atoms with Gasteiger partial charge >= 0.3 is 5.97 Å². The minimum atomic E-state index is -0.388. The molecule has 1 saturated heterocycles. The van der Waals surface area contributed by atoms with Gasteiger partial charge in [0.25, 0.3) is 0 Å². The second-order valence-corrected chi connectivity index (χ2v) is 8.43. The molecule has 1 aliphatic carbocycles. The van der Waals surface area contributed by atoms with Crippen LogP contribution in [0.25, 0.3) is 0 Å². The summed E-state index contributed by atoms with van der Waals surface area (Å²) in [5, 5.41) is 3.48. The first-order valence-electron chi connectivity index (χ1n) is 9.05. The summed E-state index contributed by atoms with van der Waals surface area (Å²) < 4.78 is 5.34. The topological polar surface area (TPSA) is 41.6 Å². The summed E-state index contributed by atoms with van der Waals surface area (Å²) in [7, 11) is 0. The van der Waals surface area contributed by atoms with E-state index in [1.54, 1.807) is 0 Å². The molecule has 2 fully saturated rings. The Hall–Kier alpha value is -1.39. The molecule has 1 N–H and O–H groups in total. The summed E-state index contributed by atoms with van der Waals surface area (Å²) in [6, 6.07) is 10.7. The highest BCUT2D eigenvalue weighted by atomic mass is 16.6. The number of nitrogens with one attached hydrogen (secondary N) is 1. The maximum Gasteiger partial charge on any atom is 0.307 e. The SMILES string of the molecule is CC(C)(C)OC(=O)CCNCC12CC1CN(Cc1ccccc1)C2. The average Bonchev–Trinajstić information content (AvgIpc) is 3.05. The number of hydrogen-bond acceptors (Lipinski definition) is 4. The number of benzene rings is 1. The third-order valence-corrected chi connectivity index (χ3v) is 5.03. The zero-order valence-electron chi connectivity index (χ0n) is 15.2. The monoisotopic (exact) mass is 330 g/mol. The van der Waals surface area contributed by atoms with Crippen molar-refractivity contribution in [1.82, 2.24) is 10.2 Å². The Balaban J connectivity index is 1.36. The molecule has 4 nitrogen and oxygen atoms in total. The van der Waals surface area contributed by atoms with E-state index in [1.165, 1.54) is 25.1 Å². The van der Waals surface area contributed by atoms with Crippen molar-refractivity contribution in [2.75, 3.05) is 26.2 Å². The van der Waals surface area contributed by atoms with E-state index < -0.39 is 0 Å². The molecule has 2 aliphatic rings. The fraction of sp³-hybridized carbons (Fsp3) is 0.650. The number of piperidine rings is 1. The summed E-state index contributed by atoms with van der Waals surface area (Å²) in [6.45, 7) is 10.9. The van der Waals surface area contributed by atoms with Crippen LogP contribution in [0, 0.1) is 11.3 Å². The Morgan fingerprint density at radius 1 is 1.33 bits per heavy atom. The van der Waals surface area contributed by atoms with Gasteiger partial charge in [-0.2, -0.15) is 0 Å². The standard InChI is InChI=1S/C20H30N2O2/c1-19(2,3)24-18(23)9-10-21-14-20-11-17(20)13-22(15-20)12-16-7-5-4-6-8-16/h4-8,17,21H,9-15H2,1-3H3. The number of esters is 1. The summed E-state index contributed by atoms with van der Waals surface area (Å²) in [6.07, 6.45) is 1.78. The van der Waals surface area contributed by atoms with E-state index in [1.807, 2.05) is 20.8 Å². The third-order valence-electron chi connectivity index (χ3n) is 5.03. The molecule has 132 valence electrons. The van der Waals surface area contributed by atoms with Crippen LogP contribution in [0.2, 0.25) is 0 Å². The predicted octanol–water partition coefficient (Wildman–Crippen LogP) is 2.83. The lowest BCUT2D eigenvalue weighted by atomic mass is 10.1. The molecule has 1 saturated carbocycles. The van der Waals surface area contributed by atoms with Crippen LogP contribution in [0.15, 0.2) is 30.3 Å². The van der Waals surface area contributed by atoms with Crippen LogP contribution >= 0.6 is 0 Å². The Labute approximate surface area is 145 Å². The summed E-state index contributed by atoms with van der Waals surface area (Å²) >= 11 is 0. The van der Waals surface area contributed by atoms with Gasteiger partial charge in [-0.15, -0.1) is 0 Å². The fourth-order valence-corrected chi connectivity index (χ4v) is 3.86. The van der Waals surface area contributed by atoms with Crippen molar-refractivity contribution in [2.45, 2.75) is 45.8 Å². The van der Waals surface area contributed by atoms with Gasteiger partial charge in [0.05, 0.1) is 6.42 Å². The van der Waals surface area contributed by atoms with E-state index in [0.717, 1.165) is 19.0 Å². The summed E-state index contributed by atoms with van der Waals surface area (Å²) in [5.74, 6) is 0.715. The Morgan fingerprint density at radius 3 is 2.79 bits per heavy atom. The molecule has 3 rings (SSSR count). The quantitative estimate of drug-likeness (QED) is 0.617. The Morgan fingerprint density at radius 2 is 2.08 bits per heavy atom. The van der Waals surface area contributed by atoms with Crippen LogP contribution in [0.4, 0.5) is 0 Å². The lowest BCUT2D eigenvalue weighted by Gasteiger charge is -2.21. The number of carbonyl (C=O) groups excluding carboxylic acids is 1. The first kappa shape index (κ1) is 17.4. The van der Waals surface area contributed by atoms with Crippen LogP contribution < -0.4 is 5.32 Å². The van der Waals surface area contributed by atoms with Gasteiger partial charge < -0.3 is 10.1 Å². The van der Waals surface area contributed by atoms with Crippen LogP contribution in [-0.2, 0) is 16.1 Å². The number of fused-ring (bicyclic) bond motifs is 1. The number of rotatable bonds is 7. The van der Waals surface area contributed by atoms with Gasteiger partial charge in [-0.1, -0.05) is 30.3 Å². The van der Waals surface area contributed by atoms with E-state index in [0.29, 0.717) is 18.4 Å². The molecular weight excluding hydrogens is 300 g/mol. The normalized spacial score (nSPS) is 26.2. The molecule has 0 bridgehead atoms. The lowest BCUT2D eigenvalue weighted by molar-refractivity contribution is -0.154. The largest absolute Gasteiger partial charge is 0.460 e. The van der Waals surface area contributed by atoms with Gasteiger partial charge in [0.1, 0.15) is 5.60 Å². The van der Waals surface area contributed by atoms with Gasteiger partial charge in [0, 0.05) is 32.7 Å². The van der Waals surface area contributed by atoms with Crippen LogP contribution in [0.5, 0.6) is 0 Å². The van der Waals surface area contributed by atoms with Crippen molar-refractivity contribution in [3.05, 3.63) is 35.9 Å². The highest BCUT2D eigenvalue weighted by molar-refractivity contribution is 5.70. The van der Waals surface area contributed by atoms with Crippen molar-refractivity contribution >= 4 is 5.97 Å². The summed E-state index contributed by atoms with van der Waals surface area (Å²) in [4.78, 5) is 14.3. The Bertz CT molecular complexity index is 567. The van der Waals surface area contributed by atoms with Crippen LogP contribution in [0.1, 0.15) is 39.2 Å². The first-order chi connectivity index (χ1) is 11.4. The van der Waals surface area contributed by atoms with Crippen LogP contribution in [0.3, 0.4) is 0 Å². The van der Waals surface area contributed by atoms with Crippen molar-refractivity contribution in [1.29, 1.82) is 0 Å². The molecule has 1 aromatic rings. The fourth-order valence-electron chi connectivity index (χ4n) is 3.86. The molecule has 4 heteroatoms. The maximum absolute atomic E-state index is 11.7. The van der Waals surface area contributed by atoms with E-state index in [4.69, 9.17) is 4.74 Å². The predicted molar refractivity (Wildman–Crippen MR) is 95.6 cm³/mol. The Kier molecular flexibility index (Phi) is 4.97. The second-order valence-electron chi connectivity index (χ2n) is 8.43. The van der Waals surface area contributed by atoms with Gasteiger partial charge in [0.2, 0.25) is 0 Å². The van der Waals surface area contributed by atoms with Crippen molar-refractivity contribution < 1.29 is 9.53 Å². The van der Waals surface area contributed by atoms with Gasteiger partial charge in [0.15, 0.2) is 0 Å². The smallest absolute Gasteiger partial charge is 0.307 e. The molecule has 2 atom stereocenters. The highest BCUT2D eigenvalue weighted by Crippen LogP contribution is 2.57. The average molecular weight is 330 g/mol. The maximum atomic E-state index is 11.7. The number of carbonyl (C=O) groups is 1. The van der Waals surface area contributed by atoms with Gasteiger partial charge in [-0.25, -0.2) is 0 Å². The zero-order valence-corrected chi connectivity index (χ0v) is 15.2. The molecule has 2 unspecified atom stereocenters. The van der Waals surface area contributed by atoms with E-state index in [-0.39, 0.29) is 11.6 Å². The van der Waals surface area contributed by atoms with E-state index in [9.17, 15) is 4.79 Å². The second kappa shape index (κ2) is 6.85. The molecule has 0 radical (unpaired) electrons. The summed E-state index contributed by atoms with van der Waals surface area (Å²) in [5.41, 5.74) is 1.45. The molecule has 0 spiro atoms. The van der Waals surface area contributed by atoms with E-state index in [2.05, 4.69) is 40.5 Å². The molecular formula is C20H30N2O2. The van der Waals surface area contributed by atoms with Crippen molar-refractivity contribution in [3.63, 3.8) is 0 Å². The molecule has 1 aliphatic heterocycles. The molecule has 0 aromatic heterocycles. The third kappa shape index (κ3) is 4.58. The molecule has 1 heterocycles. The number of nitrogens with zero attached hydrogens (tertiary/aromatic N) is 1. The molecule has 1 aromatic carbocycles. The zero-order chi connectivity index (χ0) is 17.2. The van der Waals surface area contributed by atoms with Gasteiger partial charge in [-0.05, 0) is 44.1 Å². The van der Waals surface area contributed by atoms with Crippen LogP contribution in [-0.4, -0.2) is 42.6 Å². The first-order valence-corrected chi connectivity index (χ1v) is 9.05. The number of ether oxygens (including phenoxy) is 1. The van der Waals surface area contributed by atoms with E-state index >= 15 is 0 Å². The minimum absolute atomic E-state index is 0.114. The van der Waals surface area contributed by atoms with Crippen molar-refractivity contribution in [3.8, 4) is 0 Å². The number of likely N-dealkylation sites (tertiary alicyclic amines) is 1. The highest BCUT2D eigenvalue weighted by Gasteiger charge is 2.58. The lowest BCUT2D eigenvalue weighted by Crippen LogP contribution is -2.33. The van der Waals surface area contributed by atoms with Crippen molar-refractivity contribution in [2.24, 2.45) is 11.3 Å². The number of hydrogen-bond donors (Lipinski definition) is 1. The molecule has 0 amide bonds. The molecule has 24 heavy (non-hydrogen) atoms.